The number of hydrogen-bond acceptors (Lipinski definition) is 5. The van der Waals surface area contributed by atoms with Gasteiger partial charge in [0.15, 0.2) is 11.5 Å². The molecule has 0 aromatic carbocycles. The molecule has 1 unspecified atom stereocenters. The predicted molar refractivity (Wildman–Crippen MR) is 115 cm³/mol. The third-order valence-electron chi connectivity index (χ3n) is 5.01. The molecule has 1 aliphatic rings. The maximum absolute atomic E-state index is 11.4. The van der Waals surface area contributed by atoms with Crippen LogP contribution in [-0.4, -0.2) is 11.1 Å². The molecular weight excluding hydrogens is 380 g/mol. The fourth-order valence-corrected chi connectivity index (χ4v) is 3.21. The summed E-state index contributed by atoms with van der Waals surface area (Å²) < 4.78 is 15.8. The third kappa shape index (κ3) is 5.89. The number of esters is 1. The summed E-state index contributed by atoms with van der Waals surface area (Å²) >= 11 is 0. The topological polar surface area (TPSA) is 72.8 Å². The van der Waals surface area contributed by atoms with Gasteiger partial charge in [-0.2, -0.15) is 0 Å². The van der Waals surface area contributed by atoms with Gasteiger partial charge in [-0.1, -0.05) is 30.7 Å². The van der Waals surface area contributed by atoms with Crippen molar-refractivity contribution in [1.29, 1.82) is 0 Å². The number of furan rings is 2. The summed E-state index contributed by atoms with van der Waals surface area (Å²) in [6.45, 7) is 5.64. The van der Waals surface area contributed by atoms with Crippen LogP contribution in [0.1, 0.15) is 50.5 Å². The highest BCUT2D eigenvalue weighted by molar-refractivity contribution is 5.93. The molecule has 0 amide bonds. The third-order valence-corrected chi connectivity index (χ3v) is 5.01. The molecule has 1 atom stereocenters. The maximum Gasteiger partial charge on any atom is 0.343 e. The molecule has 0 spiro atoms. The van der Waals surface area contributed by atoms with Gasteiger partial charge in [0.1, 0.15) is 5.76 Å². The summed E-state index contributed by atoms with van der Waals surface area (Å²) in [4.78, 5) is 11.4. The molecule has 30 heavy (non-hydrogen) atoms. The second kappa shape index (κ2) is 10.0. The van der Waals surface area contributed by atoms with E-state index in [-0.39, 0.29) is 23.0 Å². The zero-order valence-electron chi connectivity index (χ0n) is 17.7. The second-order valence-corrected chi connectivity index (χ2v) is 7.73. The number of rotatable bonds is 9. The highest BCUT2D eigenvalue weighted by Gasteiger charge is 2.26. The molecule has 2 aromatic rings. The van der Waals surface area contributed by atoms with Crippen molar-refractivity contribution in [2.45, 2.75) is 46.5 Å². The Morgan fingerprint density at radius 1 is 1.27 bits per heavy atom. The molecule has 0 bridgehead atoms. The van der Waals surface area contributed by atoms with Crippen molar-refractivity contribution < 1.29 is 23.5 Å². The lowest BCUT2D eigenvalue weighted by molar-refractivity contribution is -0.133. The van der Waals surface area contributed by atoms with E-state index in [0.717, 1.165) is 37.0 Å². The molecule has 1 aliphatic heterocycles. The number of aliphatic hydroxyl groups excluding tert-OH is 1. The van der Waals surface area contributed by atoms with Crippen molar-refractivity contribution in [1.82, 2.24) is 0 Å². The van der Waals surface area contributed by atoms with Crippen molar-refractivity contribution >= 4 is 5.97 Å². The van der Waals surface area contributed by atoms with E-state index < -0.39 is 5.97 Å². The predicted octanol–water partition coefficient (Wildman–Crippen LogP) is 6.20. The molecular formula is C25H28O5. The van der Waals surface area contributed by atoms with Crippen LogP contribution in [0, 0.1) is 5.92 Å². The van der Waals surface area contributed by atoms with Gasteiger partial charge < -0.3 is 18.7 Å². The van der Waals surface area contributed by atoms with E-state index in [0.29, 0.717) is 0 Å². The average Bonchev–Trinajstić information content (AvgIpc) is 3.43. The molecule has 158 valence electrons. The lowest BCUT2D eigenvalue weighted by atomic mass is 10.1. The normalized spacial score (nSPS) is 17.4. The van der Waals surface area contributed by atoms with Crippen molar-refractivity contribution in [3.8, 4) is 0 Å². The van der Waals surface area contributed by atoms with Gasteiger partial charge in [-0.25, -0.2) is 4.79 Å². The molecule has 5 heteroatoms. The first-order chi connectivity index (χ1) is 14.4. The number of carbonyl (C=O) groups excluding carboxylic acids is 1. The van der Waals surface area contributed by atoms with Crippen molar-refractivity contribution in [2.75, 3.05) is 0 Å². The molecule has 0 saturated heterocycles. The Morgan fingerprint density at radius 2 is 2.10 bits per heavy atom. The number of aliphatic hydroxyl groups is 1. The van der Waals surface area contributed by atoms with E-state index in [4.69, 9.17) is 13.6 Å². The summed E-state index contributed by atoms with van der Waals surface area (Å²) in [5.41, 5.74) is 3.86. The minimum atomic E-state index is -0.489. The monoisotopic (exact) mass is 408 g/mol. The van der Waals surface area contributed by atoms with Gasteiger partial charge in [0.05, 0.1) is 24.4 Å². The fraction of sp³-hybridized carbons (Fsp3) is 0.320. The van der Waals surface area contributed by atoms with Crippen molar-refractivity contribution in [2.24, 2.45) is 5.92 Å². The number of hydrogen-bond donors (Lipinski definition) is 1. The van der Waals surface area contributed by atoms with E-state index in [1.54, 1.807) is 25.5 Å². The summed E-state index contributed by atoms with van der Waals surface area (Å²) in [5.74, 6) is 0.664. The summed E-state index contributed by atoms with van der Waals surface area (Å²) in [6, 6.07) is 4.06. The van der Waals surface area contributed by atoms with Gasteiger partial charge in [0, 0.05) is 6.42 Å². The first-order valence-corrected chi connectivity index (χ1v) is 10.2. The fourth-order valence-electron chi connectivity index (χ4n) is 3.21. The second-order valence-electron chi connectivity index (χ2n) is 7.73. The Morgan fingerprint density at radius 3 is 2.80 bits per heavy atom. The Bertz CT molecular complexity index is 983. The van der Waals surface area contributed by atoms with Crippen molar-refractivity contribution in [3.05, 3.63) is 94.8 Å². The maximum atomic E-state index is 11.4. The van der Waals surface area contributed by atoms with Crippen LogP contribution < -0.4 is 0 Å². The smallest absolute Gasteiger partial charge is 0.343 e. The van der Waals surface area contributed by atoms with Crippen LogP contribution in [0.25, 0.3) is 0 Å². The molecule has 5 nitrogen and oxygen atoms in total. The van der Waals surface area contributed by atoms with Crippen LogP contribution >= 0.6 is 0 Å². The highest BCUT2D eigenvalue weighted by atomic mass is 16.6. The van der Waals surface area contributed by atoms with Crippen LogP contribution in [0.3, 0.4) is 0 Å². The quantitative estimate of drug-likeness (QED) is 0.395. The van der Waals surface area contributed by atoms with Gasteiger partial charge >= 0.3 is 5.97 Å². The van der Waals surface area contributed by atoms with Gasteiger partial charge in [-0.15, -0.1) is 0 Å². The zero-order valence-corrected chi connectivity index (χ0v) is 17.7. The summed E-state index contributed by atoms with van der Waals surface area (Å²) in [7, 11) is 0. The van der Waals surface area contributed by atoms with Crippen LogP contribution in [0.2, 0.25) is 0 Å². The van der Waals surface area contributed by atoms with Crippen LogP contribution in [-0.2, 0) is 22.4 Å². The summed E-state index contributed by atoms with van der Waals surface area (Å²) in [5, 5.41) is 9.87. The molecule has 3 rings (SSSR count). The van der Waals surface area contributed by atoms with E-state index in [1.165, 1.54) is 11.1 Å². The van der Waals surface area contributed by atoms with E-state index in [2.05, 4.69) is 19.1 Å². The Kier molecular flexibility index (Phi) is 7.17. The van der Waals surface area contributed by atoms with E-state index >= 15 is 0 Å². The first-order valence-electron chi connectivity index (χ1n) is 10.2. The number of aryl methyl sites for hydroxylation is 1. The van der Waals surface area contributed by atoms with Gasteiger partial charge in [0.2, 0.25) is 0 Å². The van der Waals surface area contributed by atoms with E-state index in [9.17, 15) is 9.90 Å². The van der Waals surface area contributed by atoms with E-state index in [1.807, 2.05) is 31.4 Å². The minimum Gasteiger partial charge on any atom is -0.504 e. The Labute approximate surface area is 177 Å². The summed E-state index contributed by atoms with van der Waals surface area (Å²) in [6.07, 6.45) is 16.9. The molecule has 0 fully saturated rings. The standard InChI is InChI=1S/C25H28O5/c1-17(6-4-8-18(2)12-23-24(26)19(3)25(27)30-23)7-5-9-20-13-22(29-16-20)14-21-10-11-28-15-21/h4,6,8,10-13,15-16,18,26H,5,7,9,14H2,1-3H3/b8-4+,17-6+,23-12-. The van der Waals surface area contributed by atoms with Gasteiger partial charge in [-0.3, -0.25) is 0 Å². The lowest BCUT2D eigenvalue weighted by Crippen LogP contribution is -1.96. The molecule has 0 radical (unpaired) electrons. The number of allylic oxidation sites excluding steroid dienone is 5. The Hall–Kier alpha value is -3.21. The number of carbonyl (C=O) groups is 1. The molecule has 0 saturated carbocycles. The van der Waals surface area contributed by atoms with Crippen LogP contribution in [0.5, 0.6) is 0 Å². The van der Waals surface area contributed by atoms with Gasteiger partial charge in [0.25, 0.3) is 0 Å². The molecule has 2 aromatic heterocycles. The Balaban J connectivity index is 1.42. The number of cyclic esters (lactones) is 1. The molecule has 0 aliphatic carbocycles. The number of ether oxygens (including phenoxy) is 1. The average molecular weight is 408 g/mol. The van der Waals surface area contributed by atoms with Crippen LogP contribution in [0.15, 0.2) is 86.7 Å². The highest BCUT2D eigenvalue weighted by Crippen LogP contribution is 2.25. The first kappa shape index (κ1) is 21.5. The SMILES string of the molecule is CC1=C(O)/C(=C/C(C)/C=C/C=C(\C)CCCc2coc(Cc3ccoc3)c2)OC1=O. The lowest BCUT2D eigenvalue weighted by Gasteiger charge is -2.02. The largest absolute Gasteiger partial charge is 0.504 e. The molecule has 1 N–H and O–H groups in total. The zero-order chi connectivity index (χ0) is 21.5. The minimum absolute atomic E-state index is 0.0319. The molecule has 3 heterocycles. The van der Waals surface area contributed by atoms with Crippen molar-refractivity contribution in [3.63, 3.8) is 0 Å². The van der Waals surface area contributed by atoms with Gasteiger partial charge in [-0.05, 0) is 68.4 Å². The van der Waals surface area contributed by atoms with Crippen LogP contribution in [0.4, 0.5) is 0 Å².